The fraction of sp³-hybridized carbons (Fsp3) is 0.476. The maximum Gasteiger partial charge on any atom is 0.164 e. The van der Waals surface area contributed by atoms with E-state index in [1.54, 1.807) is 0 Å². The van der Waals surface area contributed by atoms with Gasteiger partial charge in [-0.3, -0.25) is 9.67 Å². The molecule has 0 atom stereocenters. The van der Waals surface area contributed by atoms with Crippen molar-refractivity contribution in [2.24, 2.45) is 0 Å². The molecule has 8 heteroatoms. The van der Waals surface area contributed by atoms with Crippen LogP contribution < -0.4 is 9.80 Å². The van der Waals surface area contributed by atoms with E-state index in [-0.39, 0.29) is 0 Å². The number of pyridine rings is 2. The summed E-state index contributed by atoms with van der Waals surface area (Å²) in [6.45, 7) is 2.47. The summed E-state index contributed by atoms with van der Waals surface area (Å²) >= 11 is 6.44. The van der Waals surface area contributed by atoms with Crippen molar-refractivity contribution >= 4 is 39.7 Å². The summed E-state index contributed by atoms with van der Waals surface area (Å²) in [5.41, 5.74) is 4.17. The third-order valence-electron chi connectivity index (χ3n) is 5.86. The zero-order chi connectivity index (χ0) is 20.0. The first-order valence-electron chi connectivity index (χ1n) is 10.2. The Morgan fingerprint density at radius 2 is 2.07 bits per heavy atom. The van der Waals surface area contributed by atoms with Crippen molar-refractivity contribution in [2.45, 2.75) is 31.7 Å². The van der Waals surface area contributed by atoms with E-state index in [0.717, 1.165) is 79.2 Å². The number of halogens is 1. The van der Waals surface area contributed by atoms with Crippen LogP contribution in [-0.4, -0.2) is 53.6 Å². The summed E-state index contributed by atoms with van der Waals surface area (Å²) in [5.74, 6) is 0.953. The van der Waals surface area contributed by atoms with Crippen molar-refractivity contribution in [3.05, 3.63) is 35.4 Å². The van der Waals surface area contributed by atoms with Crippen LogP contribution in [0.3, 0.4) is 0 Å². The van der Waals surface area contributed by atoms with E-state index in [4.69, 9.17) is 26.4 Å². The van der Waals surface area contributed by atoms with Gasteiger partial charge in [-0.25, -0.2) is 4.98 Å². The minimum absolute atomic E-state index is 0.354. The quantitative estimate of drug-likeness (QED) is 0.606. The first kappa shape index (κ1) is 18.6. The maximum absolute atomic E-state index is 6.44. The van der Waals surface area contributed by atoms with E-state index in [2.05, 4.69) is 26.7 Å². The monoisotopic (exact) mass is 412 g/mol. The van der Waals surface area contributed by atoms with Gasteiger partial charge >= 0.3 is 0 Å². The largest absolute Gasteiger partial charge is 0.381 e. The second kappa shape index (κ2) is 7.46. The van der Waals surface area contributed by atoms with Gasteiger partial charge in [-0.15, -0.1) is 0 Å². The summed E-state index contributed by atoms with van der Waals surface area (Å²) in [4.78, 5) is 13.4. The number of nitrogens with zero attached hydrogens (tertiary/aromatic N) is 6. The van der Waals surface area contributed by atoms with Gasteiger partial charge in [-0.2, -0.15) is 5.10 Å². The molecule has 3 aromatic heterocycles. The summed E-state index contributed by atoms with van der Waals surface area (Å²) in [6, 6.07) is 4.56. The third-order valence-corrected chi connectivity index (χ3v) is 6.14. The van der Waals surface area contributed by atoms with Gasteiger partial charge in [0.25, 0.3) is 0 Å². The van der Waals surface area contributed by atoms with Crippen molar-refractivity contribution < 1.29 is 4.74 Å². The highest BCUT2D eigenvalue weighted by Gasteiger charge is 2.28. The predicted octanol–water partition coefficient (Wildman–Crippen LogP) is 3.98. The number of aromatic nitrogens is 4. The zero-order valence-electron chi connectivity index (χ0n) is 16.8. The van der Waals surface area contributed by atoms with Crippen LogP contribution in [0.4, 0.5) is 17.2 Å². The molecule has 0 saturated carbocycles. The van der Waals surface area contributed by atoms with E-state index in [1.807, 2.05) is 31.4 Å². The molecule has 5 rings (SSSR count). The molecule has 0 bridgehead atoms. The van der Waals surface area contributed by atoms with Gasteiger partial charge < -0.3 is 14.5 Å². The van der Waals surface area contributed by atoms with Crippen LogP contribution in [0.1, 0.15) is 31.0 Å². The lowest BCUT2D eigenvalue weighted by molar-refractivity contribution is 0.0675. The molecule has 0 radical (unpaired) electrons. The Morgan fingerprint density at radius 1 is 1.24 bits per heavy atom. The van der Waals surface area contributed by atoms with Crippen molar-refractivity contribution in [3.63, 3.8) is 0 Å². The second-order valence-electron chi connectivity index (χ2n) is 7.92. The molecular weight excluding hydrogens is 388 g/mol. The molecule has 0 amide bonds. The smallest absolute Gasteiger partial charge is 0.164 e. The first-order valence-corrected chi connectivity index (χ1v) is 10.6. The Hall–Kier alpha value is -2.38. The van der Waals surface area contributed by atoms with Gasteiger partial charge in [0.2, 0.25) is 0 Å². The van der Waals surface area contributed by atoms with E-state index >= 15 is 0 Å². The third kappa shape index (κ3) is 3.22. The molecular formula is C21H25ClN6O. The highest BCUT2D eigenvalue weighted by Crippen LogP contribution is 2.40. The minimum atomic E-state index is 0.354. The maximum atomic E-state index is 6.44. The summed E-state index contributed by atoms with van der Waals surface area (Å²) in [7, 11) is 3.98. The Balaban J connectivity index is 1.65. The Bertz CT molecular complexity index is 1040. The number of rotatable bonds is 3. The van der Waals surface area contributed by atoms with Crippen LogP contribution in [0.5, 0.6) is 0 Å². The van der Waals surface area contributed by atoms with Gasteiger partial charge in [0, 0.05) is 46.2 Å². The minimum Gasteiger partial charge on any atom is -0.381 e. The molecule has 1 fully saturated rings. The van der Waals surface area contributed by atoms with E-state index in [1.165, 1.54) is 0 Å². The number of fused-ring (bicyclic) bond motifs is 2. The molecule has 2 aliphatic rings. The van der Waals surface area contributed by atoms with Crippen LogP contribution in [0.25, 0.3) is 10.9 Å². The van der Waals surface area contributed by atoms with Crippen molar-refractivity contribution in [1.82, 2.24) is 19.7 Å². The highest BCUT2D eigenvalue weighted by atomic mass is 35.5. The molecule has 0 spiro atoms. The average molecular weight is 413 g/mol. The molecule has 0 aromatic carbocycles. The topological polar surface area (TPSA) is 59.3 Å². The Kier molecular flexibility index (Phi) is 4.80. The number of ether oxygens (including phenoxy) is 1. The normalized spacial score (nSPS) is 17.6. The second-order valence-corrected chi connectivity index (χ2v) is 8.28. The lowest BCUT2D eigenvalue weighted by Gasteiger charge is -2.30. The van der Waals surface area contributed by atoms with Crippen LogP contribution in [0.2, 0.25) is 5.15 Å². The number of hydrogen-bond donors (Lipinski definition) is 0. The molecule has 2 aliphatic heterocycles. The molecule has 5 heterocycles. The first-order chi connectivity index (χ1) is 14.1. The Labute approximate surface area is 175 Å². The molecule has 3 aromatic rings. The Morgan fingerprint density at radius 3 is 2.86 bits per heavy atom. The number of hydrogen-bond acceptors (Lipinski definition) is 6. The van der Waals surface area contributed by atoms with Gasteiger partial charge in [-0.05, 0) is 37.8 Å². The van der Waals surface area contributed by atoms with Crippen LogP contribution in [0, 0.1) is 0 Å². The molecule has 0 aliphatic carbocycles. The van der Waals surface area contributed by atoms with Crippen molar-refractivity contribution in [3.8, 4) is 0 Å². The van der Waals surface area contributed by atoms with E-state index in [0.29, 0.717) is 11.2 Å². The van der Waals surface area contributed by atoms with Gasteiger partial charge in [0.05, 0.1) is 34.0 Å². The molecule has 29 heavy (non-hydrogen) atoms. The molecule has 0 N–H and O–H groups in total. The van der Waals surface area contributed by atoms with Crippen LogP contribution in [-0.2, 0) is 11.2 Å². The average Bonchev–Trinajstić information content (AvgIpc) is 3.13. The highest BCUT2D eigenvalue weighted by molar-refractivity contribution is 6.32. The lowest BCUT2D eigenvalue weighted by Crippen LogP contribution is -2.27. The lowest BCUT2D eigenvalue weighted by atomic mass is 10.1. The fourth-order valence-electron chi connectivity index (χ4n) is 4.36. The van der Waals surface area contributed by atoms with Gasteiger partial charge in [0.15, 0.2) is 11.0 Å². The summed E-state index contributed by atoms with van der Waals surface area (Å²) in [6.07, 6.45) is 7.69. The number of aryl methyl sites for hydroxylation is 1. The van der Waals surface area contributed by atoms with Gasteiger partial charge in [-0.1, -0.05) is 11.6 Å². The van der Waals surface area contributed by atoms with Crippen molar-refractivity contribution in [1.29, 1.82) is 0 Å². The van der Waals surface area contributed by atoms with E-state index in [9.17, 15) is 0 Å². The molecule has 152 valence electrons. The zero-order valence-corrected chi connectivity index (χ0v) is 17.6. The SMILES string of the molecule is CN(C)c1cc2c(nc1Cl)CCCN2c1nn(C2CCOCC2)c2ccncc12. The molecule has 7 nitrogen and oxygen atoms in total. The van der Waals surface area contributed by atoms with Gasteiger partial charge in [0.1, 0.15) is 0 Å². The van der Waals surface area contributed by atoms with E-state index < -0.39 is 0 Å². The fourth-order valence-corrected chi connectivity index (χ4v) is 4.68. The number of anilines is 3. The molecule has 1 saturated heterocycles. The van der Waals surface area contributed by atoms with Crippen molar-refractivity contribution in [2.75, 3.05) is 43.7 Å². The standard InChI is InChI=1S/C21H25ClN6O/c1-26(2)19-12-18-16(24-20(19)22)4-3-9-27(18)21-15-13-23-8-5-17(15)28(25-21)14-6-10-29-11-7-14/h5,8,12-14H,3-4,6-7,9-11H2,1-2H3. The van der Waals surface area contributed by atoms with Crippen LogP contribution in [0.15, 0.2) is 24.5 Å². The van der Waals surface area contributed by atoms with Crippen LogP contribution >= 0.6 is 11.6 Å². The summed E-state index contributed by atoms with van der Waals surface area (Å²) < 4.78 is 7.74. The predicted molar refractivity (Wildman–Crippen MR) is 116 cm³/mol. The summed E-state index contributed by atoms with van der Waals surface area (Å²) in [5, 5.41) is 6.73. The molecule has 0 unspecified atom stereocenters.